The van der Waals surface area contributed by atoms with Crippen LogP contribution < -0.4 is 10.1 Å². The van der Waals surface area contributed by atoms with Gasteiger partial charge in [0.1, 0.15) is 16.7 Å². The molecular weight excluding hydrogens is 264 g/mol. The third-order valence-electron chi connectivity index (χ3n) is 2.91. The van der Waals surface area contributed by atoms with Gasteiger partial charge in [0.15, 0.2) is 0 Å². The molecule has 0 atom stereocenters. The summed E-state index contributed by atoms with van der Waals surface area (Å²) in [4.78, 5) is 16.1. The molecule has 1 aromatic carbocycles. The molecule has 0 saturated heterocycles. The SMILES string of the molecule is O=C(Nc1cccc(Cl)n1)c1ccc2c(c1)CCO2. The maximum absolute atomic E-state index is 12.1. The van der Waals surface area contributed by atoms with Crippen molar-refractivity contribution in [3.05, 3.63) is 52.7 Å². The van der Waals surface area contributed by atoms with Gasteiger partial charge in [-0.25, -0.2) is 4.98 Å². The summed E-state index contributed by atoms with van der Waals surface area (Å²) in [5, 5.41) is 3.06. The Balaban J connectivity index is 1.81. The first-order valence-corrected chi connectivity index (χ1v) is 6.30. The van der Waals surface area contributed by atoms with Crippen LogP contribution in [0.3, 0.4) is 0 Å². The molecule has 3 rings (SSSR count). The predicted molar refractivity (Wildman–Crippen MR) is 72.8 cm³/mol. The van der Waals surface area contributed by atoms with E-state index in [4.69, 9.17) is 16.3 Å². The number of rotatable bonds is 2. The average molecular weight is 275 g/mol. The molecule has 1 amide bonds. The minimum Gasteiger partial charge on any atom is -0.493 e. The number of anilines is 1. The summed E-state index contributed by atoms with van der Waals surface area (Å²) >= 11 is 5.77. The Hall–Kier alpha value is -2.07. The van der Waals surface area contributed by atoms with E-state index in [0.29, 0.717) is 23.1 Å². The molecule has 0 spiro atoms. The largest absolute Gasteiger partial charge is 0.493 e. The van der Waals surface area contributed by atoms with Gasteiger partial charge in [-0.15, -0.1) is 0 Å². The van der Waals surface area contributed by atoms with Gasteiger partial charge < -0.3 is 10.1 Å². The summed E-state index contributed by atoms with van der Waals surface area (Å²) in [6, 6.07) is 10.5. The van der Waals surface area contributed by atoms with E-state index in [1.165, 1.54) is 0 Å². The first-order chi connectivity index (χ1) is 9.22. The standard InChI is InChI=1S/C14H11ClN2O2/c15-12-2-1-3-13(16-12)17-14(18)10-4-5-11-9(8-10)6-7-19-11/h1-5,8H,6-7H2,(H,16,17,18). The van der Waals surface area contributed by atoms with Crippen molar-refractivity contribution in [2.24, 2.45) is 0 Å². The number of ether oxygens (including phenoxy) is 1. The average Bonchev–Trinajstić information content (AvgIpc) is 2.85. The Kier molecular flexibility index (Phi) is 3.09. The van der Waals surface area contributed by atoms with Gasteiger partial charge in [-0.3, -0.25) is 4.79 Å². The number of hydrogen-bond acceptors (Lipinski definition) is 3. The lowest BCUT2D eigenvalue weighted by atomic mass is 10.1. The van der Waals surface area contributed by atoms with Crippen LogP contribution in [-0.2, 0) is 6.42 Å². The molecule has 1 N–H and O–H groups in total. The molecule has 0 saturated carbocycles. The third kappa shape index (κ3) is 2.53. The lowest BCUT2D eigenvalue weighted by Crippen LogP contribution is -2.13. The van der Waals surface area contributed by atoms with Crippen LogP contribution in [0.4, 0.5) is 5.82 Å². The Morgan fingerprint density at radius 3 is 3.05 bits per heavy atom. The number of aromatic nitrogens is 1. The van der Waals surface area contributed by atoms with E-state index in [2.05, 4.69) is 10.3 Å². The minimum atomic E-state index is -0.204. The van der Waals surface area contributed by atoms with Gasteiger partial charge in [0.25, 0.3) is 5.91 Å². The lowest BCUT2D eigenvalue weighted by molar-refractivity contribution is 0.102. The van der Waals surface area contributed by atoms with Crippen LogP contribution in [0.1, 0.15) is 15.9 Å². The fourth-order valence-electron chi connectivity index (χ4n) is 1.99. The number of halogens is 1. The number of amides is 1. The highest BCUT2D eigenvalue weighted by molar-refractivity contribution is 6.29. The van der Waals surface area contributed by atoms with Crippen LogP contribution in [0.15, 0.2) is 36.4 Å². The maximum atomic E-state index is 12.1. The van der Waals surface area contributed by atoms with Gasteiger partial charge in [-0.1, -0.05) is 17.7 Å². The van der Waals surface area contributed by atoms with Crippen molar-refractivity contribution >= 4 is 23.3 Å². The van der Waals surface area contributed by atoms with Gasteiger partial charge >= 0.3 is 0 Å². The molecule has 0 fully saturated rings. The van der Waals surface area contributed by atoms with Crippen molar-refractivity contribution in [2.75, 3.05) is 11.9 Å². The number of hydrogen-bond donors (Lipinski definition) is 1. The van der Waals surface area contributed by atoms with E-state index in [1.54, 1.807) is 24.3 Å². The molecule has 0 bridgehead atoms. The highest BCUT2D eigenvalue weighted by Crippen LogP contribution is 2.26. The van der Waals surface area contributed by atoms with Crippen LogP contribution in [0.5, 0.6) is 5.75 Å². The zero-order valence-electron chi connectivity index (χ0n) is 10.0. The molecule has 1 aliphatic rings. The molecule has 2 aromatic rings. The number of nitrogens with one attached hydrogen (secondary N) is 1. The van der Waals surface area contributed by atoms with E-state index in [9.17, 15) is 4.79 Å². The Bertz CT molecular complexity index is 643. The quantitative estimate of drug-likeness (QED) is 0.857. The molecule has 0 aliphatic carbocycles. The highest BCUT2D eigenvalue weighted by atomic mass is 35.5. The summed E-state index contributed by atoms with van der Waals surface area (Å²) in [5.74, 6) is 1.09. The number of pyridine rings is 1. The van der Waals surface area contributed by atoms with Crippen molar-refractivity contribution in [3.63, 3.8) is 0 Å². The second-order valence-electron chi connectivity index (χ2n) is 4.22. The van der Waals surface area contributed by atoms with E-state index in [-0.39, 0.29) is 5.91 Å². The molecule has 4 nitrogen and oxygen atoms in total. The van der Waals surface area contributed by atoms with E-state index >= 15 is 0 Å². The summed E-state index contributed by atoms with van der Waals surface area (Å²) in [5.41, 5.74) is 1.65. The molecule has 1 aromatic heterocycles. The van der Waals surface area contributed by atoms with Gasteiger partial charge in [0, 0.05) is 12.0 Å². The number of carbonyl (C=O) groups is 1. The fraction of sp³-hybridized carbons (Fsp3) is 0.143. The second-order valence-corrected chi connectivity index (χ2v) is 4.61. The minimum absolute atomic E-state index is 0.204. The smallest absolute Gasteiger partial charge is 0.256 e. The summed E-state index contributed by atoms with van der Waals surface area (Å²) in [7, 11) is 0. The van der Waals surface area contributed by atoms with Crippen LogP contribution in [0.25, 0.3) is 0 Å². The Morgan fingerprint density at radius 1 is 1.32 bits per heavy atom. The van der Waals surface area contributed by atoms with Crippen molar-refractivity contribution in [3.8, 4) is 5.75 Å². The molecule has 2 heterocycles. The number of fused-ring (bicyclic) bond motifs is 1. The monoisotopic (exact) mass is 274 g/mol. The van der Waals surface area contributed by atoms with Crippen molar-refractivity contribution in [2.45, 2.75) is 6.42 Å². The molecule has 5 heteroatoms. The van der Waals surface area contributed by atoms with Crippen molar-refractivity contribution < 1.29 is 9.53 Å². The predicted octanol–water partition coefficient (Wildman–Crippen LogP) is 2.92. The topological polar surface area (TPSA) is 51.2 Å². The number of nitrogens with zero attached hydrogens (tertiary/aromatic N) is 1. The first kappa shape index (κ1) is 12.0. The molecule has 0 radical (unpaired) electrons. The van der Waals surface area contributed by atoms with E-state index in [0.717, 1.165) is 17.7 Å². The molecule has 96 valence electrons. The van der Waals surface area contributed by atoms with Gasteiger partial charge in [-0.2, -0.15) is 0 Å². The summed E-state index contributed by atoms with van der Waals surface area (Å²) < 4.78 is 5.41. The molecule has 19 heavy (non-hydrogen) atoms. The van der Waals surface area contributed by atoms with Crippen molar-refractivity contribution in [1.82, 2.24) is 4.98 Å². The third-order valence-corrected chi connectivity index (χ3v) is 3.12. The normalized spacial score (nSPS) is 12.7. The Labute approximate surface area is 115 Å². The lowest BCUT2D eigenvalue weighted by Gasteiger charge is -2.06. The van der Waals surface area contributed by atoms with Gasteiger partial charge in [0.05, 0.1) is 6.61 Å². The van der Waals surface area contributed by atoms with E-state index < -0.39 is 0 Å². The number of benzene rings is 1. The molecule has 0 unspecified atom stereocenters. The van der Waals surface area contributed by atoms with Crippen LogP contribution in [0.2, 0.25) is 5.15 Å². The van der Waals surface area contributed by atoms with Crippen LogP contribution in [-0.4, -0.2) is 17.5 Å². The second kappa shape index (κ2) is 4.90. The van der Waals surface area contributed by atoms with E-state index in [1.807, 2.05) is 12.1 Å². The first-order valence-electron chi connectivity index (χ1n) is 5.92. The maximum Gasteiger partial charge on any atom is 0.256 e. The molecule has 1 aliphatic heterocycles. The van der Waals surface area contributed by atoms with Gasteiger partial charge in [-0.05, 0) is 35.9 Å². The zero-order valence-corrected chi connectivity index (χ0v) is 10.8. The summed E-state index contributed by atoms with van der Waals surface area (Å²) in [6.07, 6.45) is 0.839. The van der Waals surface area contributed by atoms with Crippen LogP contribution >= 0.6 is 11.6 Å². The Morgan fingerprint density at radius 2 is 2.21 bits per heavy atom. The fourth-order valence-corrected chi connectivity index (χ4v) is 2.16. The number of carbonyl (C=O) groups excluding carboxylic acids is 1. The van der Waals surface area contributed by atoms with Gasteiger partial charge in [0.2, 0.25) is 0 Å². The van der Waals surface area contributed by atoms with Crippen LogP contribution in [0, 0.1) is 0 Å². The zero-order chi connectivity index (χ0) is 13.2. The highest BCUT2D eigenvalue weighted by Gasteiger charge is 2.15. The summed E-state index contributed by atoms with van der Waals surface area (Å²) in [6.45, 7) is 0.677. The van der Waals surface area contributed by atoms with Crippen molar-refractivity contribution in [1.29, 1.82) is 0 Å². The molecular formula is C14H11ClN2O2.